The van der Waals surface area contributed by atoms with Crippen molar-refractivity contribution < 1.29 is 67.7 Å². The summed E-state index contributed by atoms with van der Waals surface area (Å²) < 4.78 is 34.8. The molecule has 0 aromatic carbocycles. The van der Waals surface area contributed by atoms with Gasteiger partial charge in [0.1, 0.15) is 22.9 Å². The van der Waals surface area contributed by atoms with E-state index in [1.54, 1.807) is 6.92 Å². The lowest BCUT2D eigenvalue weighted by atomic mass is 9.42. The molecule has 0 amide bonds. The second-order valence-electron chi connectivity index (χ2n) is 16.5. The molecule has 0 radical (unpaired) electrons. The highest BCUT2D eigenvalue weighted by Gasteiger charge is 2.81. The van der Waals surface area contributed by atoms with Gasteiger partial charge < -0.3 is 43.7 Å². The molecule has 14 heteroatoms. The molecular formula is C39H56O14. The molecule has 1 aliphatic heterocycles. The third-order valence-corrected chi connectivity index (χ3v) is 13.3. The number of fused-ring (bicyclic) bond motifs is 5. The highest BCUT2D eigenvalue weighted by atomic mass is 16.7. The summed E-state index contributed by atoms with van der Waals surface area (Å²) in [5.74, 6) is -3.80. The molecule has 0 spiro atoms. The summed E-state index contributed by atoms with van der Waals surface area (Å²) in [5.41, 5.74) is -6.57. The molecule has 4 fully saturated rings. The Morgan fingerprint density at radius 2 is 1.49 bits per heavy atom. The minimum absolute atomic E-state index is 0.0109. The van der Waals surface area contributed by atoms with E-state index in [9.17, 15) is 39.3 Å². The van der Waals surface area contributed by atoms with Crippen LogP contribution in [0.2, 0.25) is 0 Å². The first-order valence-electron chi connectivity index (χ1n) is 18.6. The normalized spacial score (nSPS) is 42.3. The van der Waals surface area contributed by atoms with E-state index in [4.69, 9.17) is 28.4 Å². The summed E-state index contributed by atoms with van der Waals surface area (Å²) in [5, 5.41) is 37.5. The van der Waals surface area contributed by atoms with E-state index in [1.807, 2.05) is 33.8 Å². The Hall–Kier alpha value is -3.17. The predicted octanol–water partition coefficient (Wildman–Crippen LogP) is 3.16. The van der Waals surface area contributed by atoms with Gasteiger partial charge in [-0.15, -0.1) is 0 Å². The van der Waals surface area contributed by atoms with Gasteiger partial charge in [-0.05, 0) is 77.0 Å². The zero-order valence-corrected chi connectivity index (χ0v) is 32.3. The summed E-state index contributed by atoms with van der Waals surface area (Å²) in [6, 6.07) is 0. The maximum Gasteiger partial charge on any atom is 0.330 e. The zero-order chi connectivity index (χ0) is 39.5. The van der Waals surface area contributed by atoms with E-state index in [0.29, 0.717) is 19.3 Å². The highest BCUT2D eigenvalue weighted by Crippen LogP contribution is 2.71. The number of aliphatic hydroxyl groups is 3. The molecule has 0 bridgehead atoms. The maximum atomic E-state index is 13.4. The Bertz CT molecular complexity index is 1570. The van der Waals surface area contributed by atoms with Crippen molar-refractivity contribution >= 4 is 29.7 Å². The molecule has 296 valence electrons. The number of esters is 4. The molecule has 1 heterocycles. The van der Waals surface area contributed by atoms with E-state index in [0.717, 1.165) is 11.1 Å². The highest BCUT2D eigenvalue weighted by molar-refractivity contribution is 5.87. The molecule has 3 N–H and O–H groups in total. The maximum absolute atomic E-state index is 13.4. The van der Waals surface area contributed by atoms with Crippen molar-refractivity contribution in [2.24, 2.45) is 22.7 Å². The SMILES string of the molecule is CC(=O)O[C@H]1[C@H](O[C@H]2CC[C@@]3(C)C(=CC[C@]4(O)[C@@H]3C[C@@H](OC(=O)/C=C(\C)C(C)C)[C@@]3(C)[C@]4(O)CC[C@@]3(O)C(C)=O)C2)OC[C@@H](OC(C)=O)[C@H]1OC(C)=O. The van der Waals surface area contributed by atoms with Crippen molar-refractivity contribution in [3.05, 3.63) is 23.3 Å². The Labute approximate surface area is 310 Å². The first kappa shape index (κ1) is 41.0. The number of carbonyl (C=O) groups excluding carboxylic acids is 5. The Morgan fingerprint density at radius 1 is 0.868 bits per heavy atom. The molecule has 1 saturated heterocycles. The smallest absolute Gasteiger partial charge is 0.330 e. The predicted molar refractivity (Wildman–Crippen MR) is 185 cm³/mol. The molecule has 14 nitrogen and oxygen atoms in total. The van der Waals surface area contributed by atoms with E-state index in [-0.39, 0.29) is 38.2 Å². The number of rotatable bonds is 9. The average Bonchev–Trinajstić information content (AvgIpc) is 3.28. The van der Waals surface area contributed by atoms with E-state index < -0.39 is 100 Å². The van der Waals surface area contributed by atoms with Crippen LogP contribution in [0.5, 0.6) is 0 Å². The molecule has 4 aliphatic carbocycles. The van der Waals surface area contributed by atoms with Crippen molar-refractivity contribution in [2.45, 2.75) is 161 Å². The summed E-state index contributed by atoms with van der Waals surface area (Å²) in [6.45, 7) is 13.9. The minimum Gasteiger partial charge on any atom is -0.458 e. The number of ether oxygens (including phenoxy) is 6. The van der Waals surface area contributed by atoms with Crippen LogP contribution in [0.25, 0.3) is 0 Å². The minimum atomic E-state index is -2.06. The quantitative estimate of drug-likeness (QED) is 0.134. The first-order valence-corrected chi connectivity index (χ1v) is 18.6. The van der Waals surface area contributed by atoms with E-state index in [2.05, 4.69) is 0 Å². The molecule has 0 aromatic heterocycles. The Balaban J connectivity index is 1.45. The number of carbonyl (C=O) groups is 5. The summed E-state index contributed by atoms with van der Waals surface area (Å²) in [6.07, 6.45) is -1.80. The van der Waals surface area contributed by atoms with Gasteiger partial charge in [0.15, 0.2) is 30.4 Å². The van der Waals surface area contributed by atoms with Crippen LogP contribution in [0.15, 0.2) is 23.3 Å². The molecule has 3 saturated carbocycles. The largest absolute Gasteiger partial charge is 0.458 e. The summed E-state index contributed by atoms with van der Waals surface area (Å²) >= 11 is 0. The molecular weight excluding hydrogens is 692 g/mol. The van der Waals surface area contributed by atoms with Gasteiger partial charge in [0.2, 0.25) is 0 Å². The molecule has 0 aromatic rings. The molecule has 5 aliphatic rings. The monoisotopic (exact) mass is 748 g/mol. The number of hydrogen-bond donors (Lipinski definition) is 3. The van der Waals surface area contributed by atoms with Crippen LogP contribution in [-0.4, -0.2) is 105 Å². The fourth-order valence-corrected chi connectivity index (χ4v) is 10.0. The van der Waals surface area contributed by atoms with Gasteiger partial charge >= 0.3 is 23.9 Å². The second kappa shape index (κ2) is 14.5. The number of ketones is 1. The third-order valence-electron chi connectivity index (χ3n) is 13.3. The number of Topliss-reactive ketones (excluding diaryl/α,β-unsaturated/α-hetero) is 1. The lowest BCUT2D eigenvalue weighted by Crippen LogP contribution is -2.78. The summed E-state index contributed by atoms with van der Waals surface area (Å²) in [4.78, 5) is 62.6. The van der Waals surface area contributed by atoms with Gasteiger partial charge in [-0.2, -0.15) is 0 Å². The van der Waals surface area contributed by atoms with Crippen molar-refractivity contribution in [1.29, 1.82) is 0 Å². The van der Waals surface area contributed by atoms with Gasteiger partial charge in [-0.3, -0.25) is 19.2 Å². The van der Waals surface area contributed by atoms with Crippen LogP contribution in [0.3, 0.4) is 0 Å². The van der Waals surface area contributed by atoms with Gasteiger partial charge in [-0.25, -0.2) is 4.79 Å². The van der Waals surface area contributed by atoms with Crippen LogP contribution in [0.1, 0.15) is 107 Å². The fraction of sp³-hybridized carbons (Fsp3) is 0.769. The number of allylic oxidation sites excluding steroid dienone is 1. The Kier molecular flexibility index (Phi) is 11.2. The second-order valence-corrected chi connectivity index (χ2v) is 16.5. The van der Waals surface area contributed by atoms with Crippen LogP contribution in [0.4, 0.5) is 0 Å². The standard InChI is InChI=1S/C39H56O14/c1-20(2)21(3)16-31(44)53-30-18-29-35(8)12-11-27(52-34-33(51-25(7)43)32(50-24(6)42)28(19-48-34)49-23(5)41)17-26(35)10-13-38(29,46)39(47)15-14-37(45,22(4)40)36(30,39)9/h10,16,20,27-30,32-34,45-47H,11-15,17-19H2,1-9H3/b21-16+/t27-,28+,29+,30+,32+,33+,34-,35-,36+,37+,38-,39+/m0/s1. The van der Waals surface area contributed by atoms with Gasteiger partial charge in [-0.1, -0.05) is 38.0 Å². The van der Waals surface area contributed by atoms with E-state index in [1.165, 1.54) is 33.8 Å². The lowest BCUT2D eigenvalue weighted by molar-refractivity contribution is -0.316. The Morgan fingerprint density at radius 3 is 2.08 bits per heavy atom. The molecule has 0 unspecified atom stereocenters. The number of hydrogen-bond acceptors (Lipinski definition) is 14. The fourth-order valence-electron chi connectivity index (χ4n) is 10.0. The molecule has 5 rings (SSSR count). The third kappa shape index (κ3) is 6.76. The van der Waals surface area contributed by atoms with Crippen LogP contribution in [0, 0.1) is 22.7 Å². The van der Waals surface area contributed by atoms with Crippen molar-refractivity contribution in [1.82, 2.24) is 0 Å². The van der Waals surface area contributed by atoms with Crippen molar-refractivity contribution in [2.75, 3.05) is 6.61 Å². The van der Waals surface area contributed by atoms with Crippen molar-refractivity contribution in [3.8, 4) is 0 Å². The van der Waals surface area contributed by atoms with Crippen molar-refractivity contribution in [3.63, 3.8) is 0 Å². The van der Waals surface area contributed by atoms with Crippen LogP contribution >= 0.6 is 0 Å². The van der Waals surface area contributed by atoms with Gasteiger partial charge in [0.05, 0.1) is 18.1 Å². The van der Waals surface area contributed by atoms with Crippen LogP contribution in [-0.2, 0) is 52.4 Å². The van der Waals surface area contributed by atoms with Gasteiger partial charge in [0.25, 0.3) is 0 Å². The summed E-state index contributed by atoms with van der Waals surface area (Å²) in [7, 11) is 0. The topological polar surface area (TPSA) is 201 Å². The first-order chi connectivity index (χ1) is 24.5. The van der Waals surface area contributed by atoms with E-state index >= 15 is 0 Å². The van der Waals surface area contributed by atoms with Crippen LogP contribution < -0.4 is 0 Å². The lowest BCUT2D eigenvalue weighted by Gasteiger charge is -2.67. The molecule has 53 heavy (non-hydrogen) atoms. The average molecular weight is 749 g/mol. The molecule has 12 atom stereocenters. The zero-order valence-electron chi connectivity index (χ0n) is 32.3. The van der Waals surface area contributed by atoms with Gasteiger partial charge in [0, 0.05) is 32.8 Å².